The third kappa shape index (κ3) is 5.51. The molecule has 3 saturated heterocycles. The van der Waals surface area contributed by atoms with Crippen LogP contribution < -0.4 is 5.32 Å². The zero-order valence-corrected chi connectivity index (χ0v) is 14.8. The van der Waals surface area contributed by atoms with E-state index < -0.39 is 0 Å². The van der Waals surface area contributed by atoms with Gasteiger partial charge in [-0.2, -0.15) is 0 Å². The van der Waals surface area contributed by atoms with Crippen molar-refractivity contribution >= 4 is 16.0 Å². The van der Waals surface area contributed by atoms with Crippen molar-refractivity contribution in [3.63, 3.8) is 0 Å². The Morgan fingerprint density at radius 2 is 1.17 bits per heavy atom. The van der Waals surface area contributed by atoms with Crippen molar-refractivity contribution in [1.29, 1.82) is 0 Å². The standard InChI is InChI=1S/C18H33B2N3/c19-22-9-3-15(4-10-22)13-18(17-1-7-21-8-2-17)14-16-5-11-23(20)12-6-16/h15-18,21H,1-14H2. The highest BCUT2D eigenvalue weighted by Gasteiger charge is 2.30. The fourth-order valence-corrected chi connectivity index (χ4v) is 5.03. The lowest BCUT2D eigenvalue weighted by atomic mass is 9.72. The molecule has 0 amide bonds. The molecule has 0 spiro atoms. The van der Waals surface area contributed by atoms with Crippen LogP contribution in [0.4, 0.5) is 0 Å². The smallest absolute Gasteiger partial charge is 0.182 e. The maximum atomic E-state index is 5.94. The first-order chi connectivity index (χ1) is 11.2. The topological polar surface area (TPSA) is 18.5 Å². The fourth-order valence-electron chi connectivity index (χ4n) is 5.03. The number of hydrogen-bond donors (Lipinski definition) is 1. The van der Waals surface area contributed by atoms with Gasteiger partial charge in [-0.25, -0.2) is 0 Å². The quantitative estimate of drug-likeness (QED) is 0.783. The molecular weight excluding hydrogens is 280 g/mol. The Morgan fingerprint density at radius 3 is 1.61 bits per heavy atom. The molecule has 3 nitrogen and oxygen atoms in total. The highest BCUT2D eigenvalue weighted by Crippen LogP contribution is 2.37. The molecule has 0 aromatic heterocycles. The third-order valence-corrected chi connectivity index (χ3v) is 6.62. The molecule has 4 radical (unpaired) electrons. The number of nitrogens with zero attached hydrogens (tertiary/aromatic N) is 2. The lowest BCUT2D eigenvalue weighted by Gasteiger charge is -2.39. The Hall–Kier alpha value is 0.00987. The zero-order valence-electron chi connectivity index (χ0n) is 14.8. The highest BCUT2D eigenvalue weighted by molar-refractivity contribution is 6.04. The zero-order chi connectivity index (χ0) is 16.1. The lowest BCUT2D eigenvalue weighted by Crippen LogP contribution is -2.37. The molecule has 1 N–H and O–H groups in total. The third-order valence-electron chi connectivity index (χ3n) is 6.62. The van der Waals surface area contributed by atoms with E-state index in [1.165, 1.54) is 64.5 Å². The van der Waals surface area contributed by atoms with Gasteiger partial charge in [0.25, 0.3) is 0 Å². The highest BCUT2D eigenvalue weighted by atomic mass is 15.0. The Bertz CT molecular complexity index is 309. The minimum Gasteiger partial charge on any atom is -0.353 e. The summed E-state index contributed by atoms with van der Waals surface area (Å²) in [7, 11) is 11.9. The van der Waals surface area contributed by atoms with E-state index in [0.29, 0.717) is 0 Å². The predicted octanol–water partition coefficient (Wildman–Crippen LogP) is 1.97. The Balaban J connectivity index is 1.54. The van der Waals surface area contributed by atoms with Crippen LogP contribution >= 0.6 is 0 Å². The second kappa shape index (κ2) is 8.92. The minimum absolute atomic E-state index is 0.907. The van der Waals surface area contributed by atoms with Crippen molar-refractivity contribution in [3.05, 3.63) is 0 Å². The molecule has 3 aliphatic heterocycles. The average molecular weight is 313 g/mol. The van der Waals surface area contributed by atoms with E-state index in [9.17, 15) is 0 Å². The molecule has 5 heteroatoms. The molecule has 0 aromatic rings. The molecule has 0 bridgehead atoms. The molecule has 0 aliphatic carbocycles. The van der Waals surface area contributed by atoms with E-state index in [1.807, 2.05) is 9.62 Å². The molecule has 3 rings (SSSR count). The fraction of sp³-hybridized carbons (Fsp3) is 1.00. The molecule has 0 atom stereocenters. The van der Waals surface area contributed by atoms with Crippen LogP contribution in [-0.4, -0.2) is 64.9 Å². The van der Waals surface area contributed by atoms with Gasteiger partial charge >= 0.3 is 0 Å². The van der Waals surface area contributed by atoms with E-state index in [0.717, 1.165) is 49.9 Å². The lowest BCUT2D eigenvalue weighted by molar-refractivity contribution is 0.140. The van der Waals surface area contributed by atoms with Crippen molar-refractivity contribution in [2.45, 2.75) is 51.4 Å². The van der Waals surface area contributed by atoms with Crippen molar-refractivity contribution < 1.29 is 0 Å². The minimum atomic E-state index is 0.907. The summed E-state index contributed by atoms with van der Waals surface area (Å²) in [4.78, 5) is 4.01. The number of hydrogen-bond acceptors (Lipinski definition) is 3. The van der Waals surface area contributed by atoms with E-state index in [-0.39, 0.29) is 0 Å². The Labute approximate surface area is 145 Å². The monoisotopic (exact) mass is 313 g/mol. The van der Waals surface area contributed by atoms with Crippen molar-refractivity contribution in [1.82, 2.24) is 14.9 Å². The van der Waals surface area contributed by atoms with Gasteiger partial charge in [0.1, 0.15) is 0 Å². The van der Waals surface area contributed by atoms with Crippen LogP contribution in [0.25, 0.3) is 0 Å². The summed E-state index contributed by atoms with van der Waals surface area (Å²) in [6, 6.07) is 0. The van der Waals surface area contributed by atoms with Crippen LogP contribution in [0.5, 0.6) is 0 Å². The Kier molecular flexibility index (Phi) is 6.91. The SMILES string of the molecule is [B]N1CCC(CC(CC2CCN([B])CC2)C2CCNCC2)CC1. The Morgan fingerprint density at radius 1 is 0.739 bits per heavy atom. The maximum Gasteiger partial charge on any atom is 0.182 e. The summed E-state index contributed by atoms with van der Waals surface area (Å²) < 4.78 is 0. The largest absolute Gasteiger partial charge is 0.353 e. The van der Waals surface area contributed by atoms with E-state index in [4.69, 9.17) is 16.0 Å². The van der Waals surface area contributed by atoms with E-state index >= 15 is 0 Å². The van der Waals surface area contributed by atoms with Crippen molar-refractivity contribution in [2.24, 2.45) is 23.7 Å². The summed E-state index contributed by atoms with van der Waals surface area (Å²) in [6.45, 7) is 6.82. The summed E-state index contributed by atoms with van der Waals surface area (Å²) >= 11 is 0. The maximum absolute atomic E-state index is 5.94. The van der Waals surface area contributed by atoms with Gasteiger partial charge in [-0.15, -0.1) is 0 Å². The molecule has 3 heterocycles. The molecular formula is C18H33B2N3. The predicted molar refractivity (Wildman–Crippen MR) is 98.4 cm³/mol. The van der Waals surface area contributed by atoms with Gasteiger partial charge in [-0.3, -0.25) is 0 Å². The van der Waals surface area contributed by atoms with Gasteiger partial charge in [0.2, 0.25) is 0 Å². The second-order valence-electron chi connectivity index (χ2n) is 8.28. The number of piperidine rings is 3. The summed E-state index contributed by atoms with van der Waals surface area (Å²) in [5, 5.41) is 3.54. The summed E-state index contributed by atoms with van der Waals surface area (Å²) in [5.74, 6) is 3.69. The summed E-state index contributed by atoms with van der Waals surface area (Å²) in [5.41, 5.74) is 0. The van der Waals surface area contributed by atoms with Crippen LogP contribution in [0.2, 0.25) is 0 Å². The van der Waals surface area contributed by atoms with Gasteiger partial charge in [0, 0.05) is 0 Å². The van der Waals surface area contributed by atoms with Gasteiger partial charge < -0.3 is 14.9 Å². The normalized spacial score (nSPS) is 27.7. The molecule has 3 aliphatic rings. The first kappa shape index (κ1) is 17.8. The van der Waals surface area contributed by atoms with Crippen molar-refractivity contribution in [2.75, 3.05) is 39.3 Å². The van der Waals surface area contributed by atoms with Crippen LogP contribution in [0, 0.1) is 23.7 Å². The number of nitrogens with one attached hydrogen (secondary N) is 1. The molecule has 0 saturated carbocycles. The van der Waals surface area contributed by atoms with Crippen molar-refractivity contribution in [3.8, 4) is 0 Å². The molecule has 23 heavy (non-hydrogen) atoms. The van der Waals surface area contributed by atoms with Crippen LogP contribution in [0.1, 0.15) is 51.4 Å². The van der Waals surface area contributed by atoms with Gasteiger partial charge in [-0.1, -0.05) is 0 Å². The van der Waals surface area contributed by atoms with Crippen LogP contribution in [0.3, 0.4) is 0 Å². The molecule has 126 valence electrons. The second-order valence-corrected chi connectivity index (χ2v) is 8.28. The summed E-state index contributed by atoms with van der Waals surface area (Å²) in [6.07, 6.45) is 10.9. The molecule has 3 fully saturated rings. The van der Waals surface area contributed by atoms with Gasteiger partial charge in [-0.05, 0) is 114 Å². The van der Waals surface area contributed by atoms with Gasteiger partial charge in [0.15, 0.2) is 16.0 Å². The van der Waals surface area contributed by atoms with Gasteiger partial charge in [0.05, 0.1) is 0 Å². The first-order valence-corrected chi connectivity index (χ1v) is 9.90. The first-order valence-electron chi connectivity index (χ1n) is 9.90. The molecule has 0 aromatic carbocycles. The average Bonchev–Trinajstić information content (AvgIpc) is 2.59. The van der Waals surface area contributed by atoms with Crippen LogP contribution in [0.15, 0.2) is 0 Å². The number of rotatable bonds is 5. The van der Waals surface area contributed by atoms with E-state index in [1.54, 1.807) is 0 Å². The van der Waals surface area contributed by atoms with E-state index in [2.05, 4.69) is 5.32 Å². The molecule has 0 unspecified atom stereocenters. The van der Waals surface area contributed by atoms with Crippen LogP contribution in [-0.2, 0) is 0 Å².